The van der Waals surface area contributed by atoms with Gasteiger partial charge in [-0.25, -0.2) is 0 Å². The van der Waals surface area contributed by atoms with Crippen molar-refractivity contribution in [1.82, 2.24) is 10.6 Å². The molecular weight excluding hydrogens is 248 g/mol. The summed E-state index contributed by atoms with van der Waals surface area (Å²) in [6, 6.07) is 9.23. The first kappa shape index (κ1) is 15.3. The van der Waals surface area contributed by atoms with E-state index in [0.29, 0.717) is 0 Å². The molecule has 1 aromatic carbocycles. The zero-order valence-corrected chi connectivity index (χ0v) is 12.7. The minimum Gasteiger partial charge on any atom is -0.494 e. The van der Waals surface area contributed by atoms with Crippen LogP contribution in [0.15, 0.2) is 24.3 Å². The van der Waals surface area contributed by atoms with Crippen LogP contribution in [0.5, 0.6) is 5.75 Å². The van der Waals surface area contributed by atoms with Gasteiger partial charge in [0.1, 0.15) is 5.75 Å². The molecule has 1 fully saturated rings. The van der Waals surface area contributed by atoms with Crippen molar-refractivity contribution in [1.29, 1.82) is 0 Å². The lowest BCUT2D eigenvalue weighted by Crippen LogP contribution is -2.17. The fourth-order valence-corrected chi connectivity index (χ4v) is 2.20. The van der Waals surface area contributed by atoms with Crippen LogP contribution in [-0.2, 0) is 6.54 Å². The maximum atomic E-state index is 5.82. The van der Waals surface area contributed by atoms with Gasteiger partial charge in [0.05, 0.1) is 6.61 Å². The van der Waals surface area contributed by atoms with Crippen LogP contribution in [0.25, 0.3) is 0 Å². The molecule has 3 heteroatoms. The molecule has 0 radical (unpaired) electrons. The SMILES string of the molecule is CCNCc1cccc(OCCCCCNC2CC2)c1. The maximum Gasteiger partial charge on any atom is 0.119 e. The molecule has 1 aromatic rings. The smallest absolute Gasteiger partial charge is 0.119 e. The van der Waals surface area contributed by atoms with Crippen molar-refractivity contribution in [3.8, 4) is 5.75 Å². The van der Waals surface area contributed by atoms with E-state index < -0.39 is 0 Å². The van der Waals surface area contributed by atoms with Gasteiger partial charge in [-0.05, 0) is 62.9 Å². The van der Waals surface area contributed by atoms with E-state index in [9.17, 15) is 0 Å². The van der Waals surface area contributed by atoms with Gasteiger partial charge in [0.25, 0.3) is 0 Å². The summed E-state index contributed by atoms with van der Waals surface area (Å²) in [6.07, 6.45) is 6.42. The first-order chi connectivity index (χ1) is 9.88. The molecule has 0 spiro atoms. The van der Waals surface area contributed by atoms with Gasteiger partial charge in [0.2, 0.25) is 0 Å². The van der Waals surface area contributed by atoms with E-state index in [1.165, 1.54) is 37.8 Å². The van der Waals surface area contributed by atoms with E-state index in [-0.39, 0.29) is 0 Å². The molecule has 112 valence electrons. The fraction of sp³-hybridized carbons (Fsp3) is 0.647. The Bertz CT molecular complexity index is 377. The number of benzene rings is 1. The van der Waals surface area contributed by atoms with Crippen molar-refractivity contribution in [2.75, 3.05) is 19.7 Å². The minimum absolute atomic E-state index is 0.827. The van der Waals surface area contributed by atoms with E-state index in [1.807, 2.05) is 6.07 Å². The van der Waals surface area contributed by atoms with Gasteiger partial charge >= 0.3 is 0 Å². The lowest BCUT2D eigenvalue weighted by molar-refractivity contribution is 0.304. The topological polar surface area (TPSA) is 33.3 Å². The number of nitrogens with one attached hydrogen (secondary N) is 2. The Balaban J connectivity index is 1.53. The third kappa shape index (κ3) is 6.40. The second kappa shape index (κ2) is 8.98. The summed E-state index contributed by atoms with van der Waals surface area (Å²) >= 11 is 0. The van der Waals surface area contributed by atoms with Crippen molar-refractivity contribution in [3.63, 3.8) is 0 Å². The largest absolute Gasteiger partial charge is 0.494 e. The quantitative estimate of drug-likeness (QED) is 0.609. The number of rotatable bonds is 11. The van der Waals surface area contributed by atoms with Crippen LogP contribution in [-0.4, -0.2) is 25.7 Å². The van der Waals surface area contributed by atoms with Crippen LogP contribution < -0.4 is 15.4 Å². The van der Waals surface area contributed by atoms with Crippen LogP contribution in [0.2, 0.25) is 0 Å². The summed E-state index contributed by atoms with van der Waals surface area (Å²) in [4.78, 5) is 0. The molecule has 0 aliphatic heterocycles. The standard InChI is InChI=1S/C17H28N2O/c1-2-18-14-15-7-6-8-17(13-15)20-12-5-3-4-11-19-16-9-10-16/h6-8,13,16,18-19H,2-5,9-12,14H2,1H3. The van der Waals surface area contributed by atoms with Crippen molar-refractivity contribution < 1.29 is 4.74 Å². The average Bonchev–Trinajstić information content (AvgIpc) is 3.29. The normalized spacial score (nSPS) is 14.4. The molecule has 20 heavy (non-hydrogen) atoms. The molecule has 2 N–H and O–H groups in total. The first-order valence-corrected chi connectivity index (χ1v) is 8.04. The lowest BCUT2D eigenvalue weighted by Gasteiger charge is -2.08. The predicted octanol–water partition coefficient (Wildman–Crippen LogP) is 3.10. The zero-order valence-electron chi connectivity index (χ0n) is 12.7. The average molecular weight is 276 g/mol. The van der Waals surface area contributed by atoms with Gasteiger partial charge in [-0.1, -0.05) is 19.1 Å². The van der Waals surface area contributed by atoms with E-state index in [4.69, 9.17) is 4.74 Å². The Morgan fingerprint density at radius 3 is 2.90 bits per heavy atom. The molecule has 0 bridgehead atoms. The summed E-state index contributed by atoms with van der Waals surface area (Å²) in [7, 11) is 0. The molecule has 3 nitrogen and oxygen atoms in total. The number of unbranched alkanes of at least 4 members (excludes halogenated alkanes) is 2. The predicted molar refractivity (Wildman–Crippen MR) is 84.2 cm³/mol. The summed E-state index contributed by atoms with van der Waals surface area (Å²) < 4.78 is 5.82. The van der Waals surface area contributed by atoms with Crippen LogP contribution in [0.4, 0.5) is 0 Å². The third-order valence-electron chi connectivity index (χ3n) is 3.58. The number of hydrogen-bond donors (Lipinski definition) is 2. The van der Waals surface area contributed by atoms with Gasteiger partial charge in [0.15, 0.2) is 0 Å². The van der Waals surface area contributed by atoms with Crippen molar-refractivity contribution in [2.45, 2.75) is 51.6 Å². The second-order valence-corrected chi connectivity index (χ2v) is 5.57. The summed E-state index contributed by atoms with van der Waals surface area (Å²) in [6.45, 7) is 6.04. The van der Waals surface area contributed by atoms with Crippen LogP contribution in [0, 0.1) is 0 Å². The zero-order chi connectivity index (χ0) is 14.0. The molecule has 0 saturated heterocycles. The van der Waals surface area contributed by atoms with Crippen molar-refractivity contribution in [2.24, 2.45) is 0 Å². The van der Waals surface area contributed by atoms with Crippen LogP contribution in [0.1, 0.15) is 44.6 Å². The van der Waals surface area contributed by atoms with Gasteiger partial charge in [-0.3, -0.25) is 0 Å². The van der Waals surface area contributed by atoms with Crippen molar-refractivity contribution in [3.05, 3.63) is 29.8 Å². The Morgan fingerprint density at radius 2 is 2.10 bits per heavy atom. The highest BCUT2D eigenvalue weighted by atomic mass is 16.5. The van der Waals surface area contributed by atoms with Gasteiger partial charge in [0, 0.05) is 12.6 Å². The maximum absolute atomic E-state index is 5.82. The fourth-order valence-electron chi connectivity index (χ4n) is 2.20. The molecule has 1 saturated carbocycles. The Kier molecular flexibility index (Phi) is 6.89. The van der Waals surface area contributed by atoms with E-state index in [1.54, 1.807) is 0 Å². The number of hydrogen-bond acceptors (Lipinski definition) is 3. The lowest BCUT2D eigenvalue weighted by atomic mass is 10.2. The molecule has 0 aromatic heterocycles. The molecular formula is C17H28N2O. The highest BCUT2D eigenvalue weighted by molar-refractivity contribution is 5.28. The van der Waals surface area contributed by atoms with Crippen LogP contribution in [0.3, 0.4) is 0 Å². The molecule has 0 atom stereocenters. The van der Waals surface area contributed by atoms with Crippen molar-refractivity contribution >= 4 is 0 Å². The second-order valence-electron chi connectivity index (χ2n) is 5.57. The molecule has 1 aliphatic rings. The van der Waals surface area contributed by atoms with Gasteiger partial charge < -0.3 is 15.4 Å². The third-order valence-corrected chi connectivity index (χ3v) is 3.58. The molecule has 0 unspecified atom stereocenters. The molecule has 2 rings (SSSR count). The highest BCUT2D eigenvalue weighted by Crippen LogP contribution is 2.18. The summed E-state index contributed by atoms with van der Waals surface area (Å²) in [5, 5.41) is 6.88. The van der Waals surface area contributed by atoms with E-state index >= 15 is 0 Å². The number of ether oxygens (including phenoxy) is 1. The van der Waals surface area contributed by atoms with E-state index in [2.05, 4.69) is 35.8 Å². The Hall–Kier alpha value is -1.06. The Morgan fingerprint density at radius 1 is 1.20 bits per heavy atom. The monoisotopic (exact) mass is 276 g/mol. The highest BCUT2D eigenvalue weighted by Gasteiger charge is 2.19. The Labute approximate surface area is 123 Å². The summed E-state index contributed by atoms with van der Waals surface area (Å²) in [5.74, 6) is 0.997. The minimum atomic E-state index is 0.827. The molecule has 0 amide bonds. The van der Waals surface area contributed by atoms with Crippen LogP contribution >= 0.6 is 0 Å². The molecule has 0 heterocycles. The summed E-state index contributed by atoms with van der Waals surface area (Å²) in [5.41, 5.74) is 1.29. The van der Waals surface area contributed by atoms with E-state index in [0.717, 1.165) is 37.9 Å². The van der Waals surface area contributed by atoms with Gasteiger partial charge in [-0.2, -0.15) is 0 Å². The molecule has 1 aliphatic carbocycles. The van der Waals surface area contributed by atoms with Gasteiger partial charge in [-0.15, -0.1) is 0 Å². The first-order valence-electron chi connectivity index (χ1n) is 8.04.